The van der Waals surface area contributed by atoms with Crippen LogP contribution in [0.25, 0.3) is 22.2 Å². The number of benzene rings is 2. The monoisotopic (exact) mass is 382 g/mol. The Hall–Kier alpha value is -2.32. The molecule has 27 heavy (non-hydrogen) atoms. The van der Waals surface area contributed by atoms with Crippen molar-refractivity contribution < 1.29 is 8.42 Å². The van der Waals surface area contributed by atoms with E-state index in [-0.39, 0.29) is 0 Å². The van der Waals surface area contributed by atoms with Gasteiger partial charge in [0.15, 0.2) is 0 Å². The Kier molecular flexibility index (Phi) is 4.92. The number of hydrogen-bond donors (Lipinski definition) is 1. The molecule has 2 aromatic carbocycles. The summed E-state index contributed by atoms with van der Waals surface area (Å²) < 4.78 is 24.4. The lowest BCUT2D eigenvalue weighted by Crippen LogP contribution is -2.50. The van der Waals surface area contributed by atoms with Crippen LogP contribution in [0, 0.1) is 0 Å². The Morgan fingerprint density at radius 1 is 0.926 bits per heavy atom. The van der Waals surface area contributed by atoms with E-state index in [1.54, 1.807) is 0 Å². The van der Waals surface area contributed by atoms with E-state index in [1.807, 2.05) is 36.4 Å². The minimum Gasteiger partial charge on any atom is -0.296 e. The van der Waals surface area contributed by atoms with Crippen LogP contribution < -0.4 is 5.14 Å². The van der Waals surface area contributed by atoms with E-state index < -0.39 is 10.2 Å². The van der Waals surface area contributed by atoms with Crippen LogP contribution in [0.1, 0.15) is 5.56 Å². The van der Waals surface area contributed by atoms with Gasteiger partial charge in [-0.2, -0.15) is 12.7 Å². The molecule has 2 heterocycles. The zero-order valence-corrected chi connectivity index (χ0v) is 15.8. The highest BCUT2D eigenvalue weighted by atomic mass is 32.2. The highest BCUT2D eigenvalue weighted by molar-refractivity contribution is 7.86. The predicted octanol–water partition coefficient (Wildman–Crippen LogP) is 2.22. The summed E-state index contributed by atoms with van der Waals surface area (Å²) in [6.07, 6.45) is 0. The van der Waals surface area contributed by atoms with Crippen molar-refractivity contribution >= 4 is 21.1 Å². The van der Waals surface area contributed by atoms with Gasteiger partial charge in [-0.05, 0) is 17.7 Å². The standard InChI is InChI=1S/C20H22N4O2S/c21-27(25,26)24-12-10-23(11-13-24)15-18-14-17-8-4-5-9-19(17)22-20(18)16-6-2-1-3-7-16/h1-9,14H,10-13,15H2,(H2,21,25,26). The number of fused-ring (bicyclic) bond motifs is 1. The summed E-state index contributed by atoms with van der Waals surface area (Å²) in [6.45, 7) is 2.86. The van der Waals surface area contributed by atoms with Crippen LogP contribution in [0.5, 0.6) is 0 Å². The van der Waals surface area contributed by atoms with Gasteiger partial charge < -0.3 is 0 Å². The SMILES string of the molecule is NS(=O)(=O)N1CCN(Cc2cc3ccccc3nc2-c2ccccc2)CC1. The molecule has 1 aliphatic heterocycles. The molecular formula is C20H22N4O2S. The minimum absolute atomic E-state index is 0.417. The Balaban J connectivity index is 1.65. The van der Waals surface area contributed by atoms with Gasteiger partial charge in [-0.25, -0.2) is 10.1 Å². The molecule has 0 spiro atoms. The lowest BCUT2D eigenvalue weighted by atomic mass is 10.0. The summed E-state index contributed by atoms with van der Waals surface area (Å²) in [5, 5.41) is 6.35. The highest BCUT2D eigenvalue weighted by Gasteiger charge is 2.24. The van der Waals surface area contributed by atoms with Gasteiger partial charge in [0.2, 0.25) is 0 Å². The molecule has 0 saturated carbocycles. The van der Waals surface area contributed by atoms with E-state index in [0.29, 0.717) is 26.2 Å². The average molecular weight is 382 g/mol. The first kappa shape index (κ1) is 18.1. The van der Waals surface area contributed by atoms with Gasteiger partial charge in [0.05, 0.1) is 11.2 Å². The van der Waals surface area contributed by atoms with Crippen molar-refractivity contribution in [2.45, 2.75) is 6.54 Å². The maximum atomic E-state index is 11.5. The van der Waals surface area contributed by atoms with E-state index in [4.69, 9.17) is 10.1 Å². The van der Waals surface area contributed by atoms with Crippen molar-refractivity contribution in [2.75, 3.05) is 26.2 Å². The van der Waals surface area contributed by atoms with Gasteiger partial charge in [0, 0.05) is 43.7 Å². The van der Waals surface area contributed by atoms with Crippen molar-refractivity contribution in [2.24, 2.45) is 5.14 Å². The third-order valence-electron chi connectivity index (χ3n) is 4.94. The summed E-state index contributed by atoms with van der Waals surface area (Å²) in [5.41, 5.74) is 4.17. The number of rotatable bonds is 4. The fourth-order valence-electron chi connectivity index (χ4n) is 3.51. The molecule has 6 nitrogen and oxygen atoms in total. The molecule has 2 N–H and O–H groups in total. The molecule has 0 amide bonds. The number of hydrogen-bond acceptors (Lipinski definition) is 4. The lowest BCUT2D eigenvalue weighted by Gasteiger charge is -2.33. The summed E-state index contributed by atoms with van der Waals surface area (Å²) >= 11 is 0. The Morgan fingerprint density at radius 3 is 2.30 bits per heavy atom. The first-order valence-corrected chi connectivity index (χ1v) is 10.5. The van der Waals surface area contributed by atoms with Gasteiger partial charge >= 0.3 is 0 Å². The second kappa shape index (κ2) is 7.36. The first-order chi connectivity index (χ1) is 13.0. The average Bonchev–Trinajstić information content (AvgIpc) is 2.68. The summed E-state index contributed by atoms with van der Waals surface area (Å²) in [7, 11) is -3.61. The molecule has 0 atom stereocenters. The number of nitrogens with two attached hydrogens (primary N) is 1. The first-order valence-electron chi connectivity index (χ1n) is 8.95. The summed E-state index contributed by atoms with van der Waals surface area (Å²) in [5.74, 6) is 0. The summed E-state index contributed by atoms with van der Waals surface area (Å²) in [6, 6.07) is 20.5. The van der Waals surface area contributed by atoms with Gasteiger partial charge in [-0.15, -0.1) is 0 Å². The van der Waals surface area contributed by atoms with Crippen molar-refractivity contribution in [1.29, 1.82) is 0 Å². The van der Waals surface area contributed by atoms with Crippen LogP contribution in [0.2, 0.25) is 0 Å². The van der Waals surface area contributed by atoms with Crippen LogP contribution in [-0.4, -0.2) is 48.8 Å². The Labute approximate surface area is 159 Å². The molecule has 1 aliphatic rings. The third-order valence-corrected chi connectivity index (χ3v) is 6.02. The van der Waals surface area contributed by atoms with Crippen molar-refractivity contribution in [3.63, 3.8) is 0 Å². The van der Waals surface area contributed by atoms with Crippen molar-refractivity contribution in [3.05, 3.63) is 66.2 Å². The fourth-order valence-corrected chi connectivity index (χ4v) is 4.18. The van der Waals surface area contributed by atoms with Crippen LogP contribution >= 0.6 is 0 Å². The molecule has 0 aliphatic carbocycles. The molecule has 1 saturated heterocycles. The topological polar surface area (TPSA) is 79.5 Å². The minimum atomic E-state index is -3.61. The molecule has 1 aromatic heterocycles. The molecular weight excluding hydrogens is 360 g/mol. The molecule has 0 bridgehead atoms. The van der Waals surface area contributed by atoms with Crippen molar-refractivity contribution in [3.8, 4) is 11.3 Å². The fraction of sp³-hybridized carbons (Fsp3) is 0.250. The molecule has 140 valence electrons. The molecule has 7 heteroatoms. The van der Waals surface area contributed by atoms with Crippen LogP contribution in [0.15, 0.2) is 60.7 Å². The number of piperazine rings is 1. The van der Waals surface area contributed by atoms with Gasteiger partial charge in [-0.3, -0.25) is 4.90 Å². The number of nitrogens with zero attached hydrogens (tertiary/aromatic N) is 3. The highest BCUT2D eigenvalue weighted by Crippen LogP contribution is 2.27. The van der Waals surface area contributed by atoms with E-state index in [2.05, 4.69) is 29.2 Å². The number of aromatic nitrogens is 1. The van der Waals surface area contributed by atoms with E-state index in [9.17, 15) is 8.42 Å². The van der Waals surface area contributed by atoms with Crippen LogP contribution in [0.3, 0.4) is 0 Å². The van der Waals surface area contributed by atoms with Crippen LogP contribution in [-0.2, 0) is 16.8 Å². The number of para-hydroxylation sites is 1. The maximum Gasteiger partial charge on any atom is 0.276 e. The normalized spacial score (nSPS) is 16.6. The lowest BCUT2D eigenvalue weighted by molar-refractivity contribution is 0.182. The Bertz CT molecular complexity index is 1050. The largest absolute Gasteiger partial charge is 0.296 e. The second-order valence-corrected chi connectivity index (χ2v) is 8.32. The van der Waals surface area contributed by atoms with E-state index >= 15 is 0 Å². The molecule has 4 rings (SSSR count). The number of pyridine rings is 1. The Morgan fingerprint density at radius 2 is 1.59 bits per heavy atom. The van der Waals surface area contributed by atoms with Gasteiger partial charge in [0.1, 0.15) is 0 Å². The molecule has 0 unspecified atom stereocenters. The van der Waals surface area contributed by atoms with Crippen molar-refractivity contribution in [1.82, 2.24) is 14.2 Å². The van der Waals surface area contributed by atoms with E-state index in [1.165, 1.54) is 4.31 Å². The smallest absolute Gasteiger partial charge is 0.276 e. The maximum absolute atomic E-state index is 11.5. The van der Waals surface area contributed by atoms with Crippen LogP contribution in [0.4, 0.5) is 0 Å². The molecule has 3 aromatic rings. The predicted molar refractivity (Wildman–Crippen MR) is 107 cm³/mol. The zero-order valence-electron chi connectivity index (χ0n) is 15.0. The third kappa shape index (κ3) is 4.01. The van der Waals surface area contributed by atoms with Gasteiger partial charge in [-0.1, -0.05) is 48.5 Å². The zero-order chi connectivity index (χ0) is 18.9. The molecule has 1 fully saturated rings. The summed E-state index contributed by atoms with van der Waals surface area (Å²) in [4.78, 5) is 7.16. The van der Waals surface area contributed by atoms with E-state index in [0.717, 1.165) is 34.3 Å². The second-order valence-electron chi connectivity index (χ2n) is 6.77. The quantitative estimate of drug-likeness (QED) is 0.750. The molecule has 0 radical (unpaired) electrons. The van der Waals surface area contributed by atoms with Gasteiger partial charge in [0.25, 0.3) is 10.2 Å².